The molecule has 0 radical (unpaired) electrons. The minimum absolute atomic E-state index is 0.0266. The second-order valence-corrected chi connectivity index (χ2v) is 8.37. The van der Waals surface area contributed by atoms with Crippen molar-refractivity contribution >= 4 is 35.0 Å². The molecule has 3 N–H and O–H groups in total. The molecule has 0 bridgehead atoms. The standard InChI is InChI=1S/C23H27ClF3N5O2/c24-18-6-8-19(9-7-18)30-22(34)32(15-14-31-11-1-2-12-31)13-10-28-21(33)29-20-5-3-4-17(16-20)23(25,26)27/h3-9,16H,1-2,10-15H2,(H,30,34)(H2,28,29,33). The molecule has 1 fully saturated rings. The molecule has 1 heterocycles. The second kappa shape index (κ2) is 11.9. The molecule has 0 aliphatic carbocycles. The topological polar surface area (TPSA) is 76.7 Å². The van der Waals surface area contributed by atoms with Crippen LogP contribution in [0.15, 0.2) is 48.5 Å². The molecule has 2 aromatic carbocycles. The highest BCUT2D eigenvalue weighted by atomic mass is 35.5. The largest absolute Gasteiger partial charge is 0.416 e. The van der Waals surface area contributed by atoms with Crippen molar-refractivity contribution in [1.82, 2.24) is 15.1 Å². The van der Waals surface area contributed by atoms with Crippen LogP contribution < -0.4 is 16.0 Å². The Kier molecular flexibility index (Phi) is 9.00. The van der Waals surface area contributed by atoms with E-state index in [4.69, 9.17) is 11.6 Å². The molecule has 0 unspecified atom stereocenters. The summed E-state index contributed by atoms with van der Waals surface area (Å²) in [5.74, 6) is 0. The average Bonchev–Trinajstić information content (AvgIpc) is 3.31. The molecule has 3 rings (SSSR count). The van der Waals surface area contributed by atoms with Crippen molar-refractivity contribution in [1.29, 1.82) is 0 Å². The van der Waals surface area contributed by atoms with Gasteiger partial charge in [-0.1, -0.05) is 17.7 Å². The fourth-order valence-electron chi connectivity index (χ4n) is 3.57. The maximum atomic E-state index is 12.9. The molecule has 0 saturated carbocycles. The Morgan fingerprint density at radius 1 is 0.971 bits per heavy atom. The Labute approximate surface area is 201 Å². The molecule has 7 nitrogen and oxygen atoms in total. The zero-order valence-corrected chi connectivity index (χ0v) is 19.3. The zero-order valence-electron chi connectivity index (χ0n) is 18.5. The molecular weight excluding hydrogens is 471 g/mol. The summed E-state index contributed by atoms with van der Waals surface area (Å²) in [7, 11) is 0. The van der Waals surface area contributed by atoms with Crippen LogP contribution in [0.2, 0.25) is 5.02 Å². The number of urea groups is 2. The first-order valence-corrected chi connectivity index (χ1v) is 11.3. The van der Waals surface area contributed by atoms with Gasteiger partial charge in [-0.3, -0.25) is 0 Å². The third kappa shape index (κ3) is 8.11. The lowest BCUT2D eigenvalue weighted by Crippen LogP contribution is -2.44. The minimum atomic E-state index is -4.50. The Bertz CT molecular complexity index is 966. The van der Waals surface area contributed by atoms with Gasteiger partial charge in [0.2, 0.25) is 0 Å². The lowest BCUT2D eigenvalue weighted by molar-refractivity contribution is -0.137. The summed E-state index contributed by atoms with van der Waals surface area (Å²) in [6, 6.07) is 10.1. The van der Waals surface area contributed by atoms with Gasteiger partial charge in [0, 0.05) is 42.6 Å². The number of anilines is 2. The highest BCUT2D eigenvalue weighted by molar-refractivity contribution is 6.30. The van der Waals surface area contributed by atoms with Gasteiger partial charge in [-0.15, -0.1) is 0 Å². The third-order valence-corrected chi connectivity index (χ3v) is 5.63. The monoisotopic (exact) mass is 497 g/mol. The van der Waals surface area contributed by atoms with E-state index in [1.807, 2.05) is 0 Å². The van der Waals surface area contributed by atoms with E-state index in [0.29, 0.717) is 23.8 Å². The third-order valence-electron chi connectivity index (χ3n) is 5.38. The van der Waals surface area contributed by atoms with Crippen LogP contribution in [0.4, 0.5) is 34.1 Å². The number of carbonyl (C=O) groups is 2. The summed E-state index contributed by atoms with van der Waals surface area (Å²) in [6.07, 6.45) is -2.23. The molecule has 1 aliphatic rings. The number of nitrogens with zero attached hydrogens (tertiary/aromatic N) is 2. The fourth-order valence-corrected chi connectivity index (χ4v) is 3.70. The molecule has 0 spiro atoms. The van der Waals surface area contributed by atoms with E-state index in [9.17, 15) is 22.8 Å². The number of hydrogen-bond donors (Lipinski definition) is 3. The van der Waals surface area contributed by atoms with Gasteiger partial charge in [0.15, 0.2) is 0 Å². The van der Waals surface area contributed by atoms with Crippen molar-refractivity contribution in [3.8, 4) is 0 Å². The van der Waals surface area contributed by atoms with Gasteiger partial charge >= 0.3 is 18.2 Å². The van der Waals surface area contributed by atoms with E-state index in [1.54, 1.807) is 29.2 Å². The first kappa shape index (κ1) is 25.6. The van der Waals surface area contributed by atoms with Crippen molar-refractivity contribution in [3.05, 3.63) is 59.1 Å². The first-order valence-electron chi connectivity index (χ1n) is 11.0. The first-order chi connectivity index (χ1) is 16.2. The molecule has 34 heavy (non-hydrogen) atoms. The number of likely N-dealkylation sites (tertiary alicyclic amines) is 1. The van der Waals surface area contributed by atoms with Crippen molar-refractivity contribution in [3.63, 3.8) is 0 Å². The van der Waals surface area contributed by atoms with Crippen molar-refractivity contribution in [2.75, 3.05) is 49.9 Å². The van der Waals surface area contributed by atoms with E-state index in [-0.39, 0.29) is 24.8 Å². The fraction of sp³-hybridized carbons (Fsp3) is 0.391. The van der Waals surface area contributed by atoms with Crippen LogP contribution in [0.3, 0.4) is 0 Å². The molecule has 2 aromatic rings. The van der Waals surface area contributed by atoms with Crippen molar-refractivity contribution in [2.24, 2.45) is 0 Å². The van der Waals surface area contributed by atoms with Crippen LogP contribution in [-0.4, -0.2) is 61.1 Å². The number of rotatable bonds is 8. The van der Waals surface area contributed by atoms with Gasteiger partial charge in [0.05, 0.1) is 5.56 Å². The molecule has 4 amide bonds. The predicted molar refractivity (Wildman–Crippen MR) is 126 cm³/mol. The van der Waals surface area contributed by atoms with Gasteiger partial charge < -0.3 is 25.8 Å². The highest BCUT2D eigenvalue weighted by Gasteiger charge is 2.30. The maximum absolute atomic E-state index is 12.9. The quantitative estimate of drug-likeness (QED) is 0.474. The number of benzene rings is 2. The van der Waals surface area contributed by atoms with Gasteiger partial charge in [0.1, 0.15) is 0 Å². The molecule has 11 heteroatoms. The number of carbonyl (C=O) groups excluding carboxylic acids is 2. The second-order valence-electron chi connectivity index (χ2n) is 7.93. The van der Waals surface area contributed by atoms with Crippen LogP contribution in [0, 0.1) is 0 Å². The summed E-state index contributed by atoms with van der Waals surface area (Å²) in [6.45, 7) is 3.51. The zero-order chi connectivity index (χ0) is 24.6. The number of amides is 4. The van der Waals surface area contributed by atoms with Crippen LogP contribution in [0.1, 0.15) is 18.4 Å². The van der Waals surface area contributed by atoms with Gasteiger partial charge in [-0.25, -0.2) is 9.59 Å². The molecule has 0 atom stereocenters. The van der Waals surface area contributed by atoms with Crippen LogP contribution in [0.5, 0.6) is 0 Å². The molecule has 1 aliphatic heterocycles. The Morgan fingerprint density at radius 2 is 1.68 bits per heavy atom. The Hall–Kier alpha value is -2.98. The summed E-state index contributed by atoms with van der Waals surface area (Å²) in [5.41, 5.74) is -0.230. The summed E-state index contributed by atoms with van der Waals surface area (Å²) in [4.78, 5) is 28.9. The van der Waals surface area contributed by atoms with Crippen molar-refractivity contribution in [2.45, 2.75) is 19.0 Å². The van der Waals surface area contributed by atoms with Gasteiger partial charge in [-0.2, -0.15) is 13.2 Å². The van der Waals surface area contributed by atoms with Crippen LogP contribution in [0.25, 0.3) is 0 Å². The smallest absolute Gasteiger partial charge is 0.336 e. The Morgan fingerprint density at radius 3 is 2.35 bits per heavy atom. The number of alkyl halides is 3. The van der Waals surface area contributed by atoms with Gasteiger partial charge in [-0.05, 0) is 68.4 Å². The van der Waals surface area contributed by atoms with Crippen LogP contribution in [-0.2, 0) is 6.18 Å². The molecule has 0 aromatic heterocycles. The number of halogens is 4. The SMILES string of the molecule is O=C(NCCN(CCN1CCCC1)C(=O)Nc1ccc(Cl)cc1)Nc1cccc(C(F)(F)F)c1. The van der Waals surface area contributed by atoms with Crippen molar-refractivity contribution < 1.29 is 22.8 Å². The van der Waals surface area contributed by atoms with Gasteiger partial charge in [0.25, 0.3) is 0 Å². The summed E-state index contributed by atoms with van der Waals surface area (Å²) < 4.78 is 38.6. The van der Waals surface area contributed by atoms with E-state index in [0.717, 1.165) is 38.1 Å². The van der Waals surface area contributed by atoms with E-state index < -0.39 is 17.8 Å². The average molecular weight is 498 g/mol. The van der Waals surface area contributed by atoms with Crippen LogP contribution >= 0.6 is 11.6 Å². The number of hydrogen-bond acceptors (Lipinski definition) is 3. The Balaban J connectivity index is 1.53. The number of nitrogens with one attached hydrogen (secondary N) is 3. The predicted octanol–water partition coefficient (Wildman–Crippen LogP) is 5.11. The highest BCUT2D eigenvalue weighted by Crippen LogP contribution is 2.30. The lowest BCUT2D eigenvalue weighted by Gasteiger charge is -2.26. The van der Waals surface area contributed by atoms with E-state index >= 15 is 0 Å². The lowest BCUT2D eigenvalue weighted by atomic mass is 10.2. The molecule has 1 saturated heterocycles. The minimum Gasteiger partial charge on any atom is -0.336 e. The molecular formula is C23H27ClF3N5O2. The normalized spacial score (nSPS) is 14.0. The maximum Gasteiger partial charge on any atom is 0.416 e. The molecule has 184 valence electrons. The van der Waals surface area contributed by atoms with E-state index in [2.05, 4.69) is 20.9 Å². The summed E-state index contributed by atoms with van der Waals surface area (Å²) in [5, 5.41) is 8.35. The van der Waals surface area contributed by atoms with E-state index in [1.165, 1.54) is 12.1 Å². The summed E-state index contributed by atoms with van der Waals surface area (Å²) >= 11 is 5.89.